The van der Waals surface area contributed by atoms with Crippen LogP contribution in [0.1, 0.15) is 18.9 Å². The third-order valence-corrected chi connectivity index (χ3v) is 3.37. The van der Waals surface area contributed by atoms with Crippen molar-refractivity contribution in [2.75, 3.05) is 18.9 Å². The second-order valence-corrected chi connectivity index (χ2v) is 4.61. The highest BCUT2D eigenvalue weighted by Gasteiger charge is 2.19. The van der Waals surface area contributed by atoms with Crippen LogP contribution in [0.5, 0.6) is 0 Å². The monoisotopic (exact) mass is 243 g/mol. The fraction of sp³-hybridized carbons (Fsp3) is 0.357. The van der Waals surface area contributed by atoms with Crippen molar-refractivity contribution in [3.63, 3.8) is 0 Å². The van der Waals surface area contributed by atoms with Gasteiger partial charge in [0, 0.05) is 24.8 Å². The van der Waals surface area contributed by atoms with Gasteiger partial charge in [-0.1, -0.05) is 30.3 Å². The Labute approximate surface area is 106 Å². The maximum atomic E-state index is 6.07. The number of nitrogen functional groups attached to an aromatic ring is 1. The minimum Gasteiger partial charge on any atom is -0.384 e. The summed E-state index contributed by atoms with van der Waals surface area (Å²) >= 11 is 0. The van der Waals surface area contributed by atoms with E-state index in [4.69, 9.17) is 10.5 Å². The summed E-state index contributed by atoms with van der Waals surface area (Å²) in [6, 6.07) is 12.5. The van der Waals surface area contributed by atoms with Gasteiger partial charge in [-0.05, 0) is 12.8 Å². The molecule has 94 valence electrons. The summed E-state index contributed by atoms with van der Waals surface area (Å²) in [5.41, 5.74) is 8.12. The van der Waals surface area contributed by atoms with Gasteiger partial charge in [0.25, 0.3) is 0 Å². The fourth-order valence-corrected chi connectivity index (χ4v) is 2.38. The summed E-state index contributed by atoms with van der Waals surface area (Å²) in [5, 5.41) is 4.64. The van der Waals surface area contributed by atoms with Gasteiger partial charge < -0.3 is 10.5 Å². The van der Waals surface area contributed by atoms with E-state index in [0.29, 0.717) is 6.04 Å². The van der Waals surface area contributed by atoms with Crippen LogP contribution in [0.15, 0.2) is 36.4 Å². The zero-order chi connectivity index (χ0) is 12.4. The zero-order valence-electron chi connectivity index (χ0n) is 10.2. The lowest BCUT2D eigenvalue weighted by Crippen LogP contribution is -2.21. The number of nitrogens with two attached hydrogens (primary N) is 1. The molecule has 0 atom stereocenters. The van der Waals surface area contributed by atoms with Gasteiger partial charge in [0.2, 0.25) is 0 Å². The largest absolute Gasteiger partial charge is 0.384 e. The number of nitrogens with zero attached hydrogens (tertiary/aromatic N) is 2. The second-order valence-electron chi connectivity index (χ2n) is 4.61. The van der Waals surface area contributed by atoms with Crippen molar-refractivity contribution >= 4 is 5.82 Å². The third kappa shape index (κ3) is 2.11. The van der Waals surface area contributed by atoms with Crippen LogP contribution >= 0.6 is 0 Å². The molecule has 1 saturated heterocycles. The minimum absolute atomic E-state index is 0.371. The fourth-order valence-electron chi connectivity index (χ4n) is 2.38. The number of ether oxygens (including phenoxy) is 1. The second kappa shape index (κ2) is 4.82. The highest BCUT2D eigenvalue weighted by Crippen LogP contribution is 2.27. The van der Waals surface area contributed by atoms with Crippen LogP contribution in [-0.2, 0) is 4.74 Å². The molecular weight excluding hydrogens is 226 g/mol. The van der Waals surface area contributed by atoms with Gasteiger partial charge in [0.05, 0.1) is 11.7 Å². The molecule has 2 N–H and O–H groups in total. The van der Waals surface area contributed by atoms with Crippen LogP contribution < -0.4 is 5.73 Å². The van der Waals surface area contributed by atoms with Crippen LogP contribution in [0.3, 0.4) is 0 Å². The van der Waals surface area contributed by atoms with E-state index in [0.717, 1.165) is 43.1 Å². The number of benzene rings is 1. The summed E-state index contributed by atoms with van der Waals surface area (Å²) in [6.07, 6.45) is 1.97. The van der Waals surface area contributed by atoms with Gasteiger partial charge >= 0.3 is 0 Å². The average Bonchev–Trinajstić information content (AvgIpc) is 2.83. The molecule has 0 spiro atoms. The van der Waals surface area contributed by atoms with Crippen LogP contribution in [-0.4, -0.2) is 23.0 Å². The molecule has 4 nitrogen and oxygen atoms in total. The zero-order valence-corrected chi connectivity index (χ0v) is 10.2. The maximum Gasteiger partial charge on any atom is 0.122 e. The molecule has 0 amide bonds. The van der Waals surface area contributed by atoms with Crippen molar-refractivity contribution in [1.82, 2.24) is 9.78 Å². The lowest BCUT2D eigenvalue weighted by molar-refractivity contribution is 0.0669. The molecule has 0 aliphatic carbocycles. The summed E-state index contributed by atoms with van der Waals surface area (Å²) < 4.78 is 7.32. The molecule has 1 aromatic heterocycles. The van der Waals surface area contributed by atoms with Gasteiger partial charge in [-0.2, -0.15) is 5.10 Å². The summed E-state index contributed by atoms with van der Waals surface area (Å²) in [5.74, 6) is 0.737. The Morgan fingerprint density at radius 3 is 2.61 bits per heavy atom. The molecule has 0 saturated carbocycles. The molecule has 2 aromatic rings. The molecule has 18 heavy (non-hydrogen) atoms. The molecule has 1 fully saturated rings. The smallest absolute Gasteiger partial charge is 0.122 e. The standard InChI is InChI=1S/C14H17N3O/c15-14-10-13(11-4-2-1-3-5-11)16-17(14)12-6-8-18-9-7-12/h1-5,10,12H,6-9,15H2. The Kier molecular flexibility index (Phi) is 3.02. The first-order chi connectivity index (χ1) is 8.84. The van der Waals surface area contributed by atoms with Crippen molar-refractivity contribution in [2.45, 2.75) is 18.9 Å². The molecule has 1 aliphatic rings. The Balaban J connectivity index is 1.91. The van der Waals surface area contributed by atoms with E-state index in [1.807, 2.05) is 28.9 Å². The highest BCUT2D eigenvalue weighted by atomic mass is 16.5. The maximum absolute atomic E-state index is 6.07. The van der Waals surface area contributed by atoms with E-state index < -0.39 is 0 Å². The molecule has 0 unspecified atom stereocenters. The molecule has 0 bridgehead atoms. The van der Waals surface area contributed by atoms with Crippen LogP contribution in [0.4, 0.5) is 5.82 Å². The van der Waals surface area contributed by atoms with Gasteiger partial charge in [0.1, 0.15) is 5.82 Å². The Hall–Kier alpha value is -1.81. The lowest BCUT2D eigenvalue weighted by Gasteiger charge is -2.23. The predicted molar refractivity (Wildman–Crippen MR) is 71.2 cm³/mol. The van der Waals surface area contributed by atoms with E-state index >= 15 is 0 Å². The topological polar surface area (TPSA) is 53.1 Å². The summed E-state index contributed by atoms with van der Waals surface area (Å²) in [6.45, 7) is 1.59. The van der Waals surface area contributed by atoms with Crippen LogP contribution in [0, 0.1) is 0 Å². The van der Waals surface area contributed by atoms with E-state index in [2.05, 4.69) is 17.2 Å². The Morgan fingerprint density at radius 1 is 1.17 bits per heavy atom. The molecule has 0 radical (unpaired) electrons. The molecule has 4 heteroatoms. The number of hydrogen-bond acceptors (Lipinski definition) is 3. The lowest BCUT2D eigenvalue weighted by atomic mass is 10.1. The number of anilines is 1. The van der Waals surface area contributed by atoms with E-state index in [1.54, 1.807) is 0 Å². The molecular formula is C14H17N3O. The number of hydrogen-bond donors (Lipinski definition) is 1. The number of aromatic nitrogens is 2. The van der Waals surface area contributed by atoms with E-state index in [-0.39, 0.29) is 0 Å². The normalized spacial score (nSPS) is 16.9. The van der Waals surface area contributed by atoms with Crippen LogP contribution in [0.25, 0.3) is 11.3 Å². The van der Waals surface area contributed by atoms with Gasteiger partial charge in [-0.15, -0.1) is 0 Å². The highest BCUT2D eigenvalue weighted by molar-refractivity contribution is 5.62. The van der Waals surface area contributed by atoms with Crippen molar-refractivity contribution in [3.8, 4) is 11.3 Å². The Bertz CT molecular complexity index is 515. The van der Waals surface area contributed by atoms with Crippen LogP contribution in [0.2, 0.25) is 0 Å². The molecule has 1 aliphatic heterocycles. The van der Waals surface area contributed by atoms with Gasteiger partial charge in [-0.3, -0.25) is 0 Å². The average molecular weight is 243 g/mol. The molecule has 3 rings (SSSR count). The summed E-state index contributed by atoms with van der Waals surface area (Å²) in [7, 11) is 0. The van der Waals surface area contributed by atoms with E-state index in [1.165, 1.54) is 0 Å². The minimum atomic E-state index is 0.371. The quantitative estimate of drug-likeness (QED) is 0.881. The van der Waals surface area contributed by atoms with E-state index in [9.17, 15) is 0 Å². The van der Waals surface area contributed by atoms with Crippen molar-refractivity contribution in [3.05, 3.63) is 36.4 Å². The molecule has 1 aromatic carbocycles. The predicted octanol–water partition coefficient (Wildman–Crippen LogP) is 2.48. The van der Waals surface area contributed by atoms with Gasteiger partial charge in [0.15, 0.2) is 0 Å². The first kappa shape index (κ1) is 11.3. The first-order valence-corrected chi connectivity index (χ1v) is 6.33. The summed E-state index contributed by atoms with van der Waals surface area (Å²) in [4.78, 5) is 0. The van der Waals surface area contributed by atoms with Gasteiger partial charge in [-0.25, -0.2) is 4.68 Å². The third-order valence-electron chi connectivity index (χ3n) is 3.37. The van der Waals surface area contributed by atoms with Crippen molar-refractivity contribution < 1.29 is 4.74 Å². The SMILES string of the molecule is Nc1cc(-c2ccccc2)nn1C1CCOCC1. The van der Waals surface area contributed by atoms with Crippen molar-refractivity contribution in [1.29, 1.82) is 0 Å². The van der Waals surface area contributed by atoms with Crippen molar-refractivity contribution in [2.24, 2.45) is 0 Å². The Morgan fingerprint density at radius 2 is 1.89 bits per heavy atom. The first-order valence-electron chi connectivity index (χ1n) is 6.33. The molecule has 2 heterocycles. The number of rotatable bonds is 2.